The third-order valence-corrected chi connectivity index (χ3v) is 2.61. The molecule has 5 heteroatoms. The van der Waals surface area contributed by atoms with E-state index in [-0.39, 0.29) is 17.2 Å². The van der Waals surface area contributed by atoms with Crippen molar-refractivity contribution in [2.75, 3.05) is 11.4 Å². The standard InChI is InChI=1S/C11H11FN2O2/c12-10-7(11(13)16)3-1-4-8(10)14-6-2-5-9(14)15/h1,3-4H,2,5-6H2,(H2,13,16). The fraction of sp³-hybridized carbons (Fsp3) is 0.273. The fourth-order valence-corrected chi connectivity index (χ4v) is 1.82. The molecule has 0 unspecified atom stereocenters. The lowest BCUT2D eigenvalue weighted by Gasteiger charge is -2.17. The molecule has 0 aromatic heterocycles. The Morgan fingerprint density at radius 3 is 2.75 bits per heavy atom. The SMILES string of the molecule is NC(=O)c1cccc(N2CCCC2=O)c1F. The van der Waals surface area contributed by atoms with Crippen LogP contribution in [-0.2, 0) is 4.79 Å². The van der Waals surface area contributed by atoms with Gasteiger partial charge in [0.15, 0.2) is 5.82 Å². The van der Waals surface area contributed by atoms with Gasteiger partial charge in [0.2, 0.25) is 5.91 Å². The van der Waals surface area contributed by atoms with Crippen LogP contribution in [0, 0.1) is 5.82 Å². The summed E-state index contributed by atoms with van der Waals surface area (Å²) in [4.78, 5) is 23.7. The van der Waals surface area contributed by atoms with E-state index < -0.39 is 11.7 Å². The van der Waals surface area contributed by atoms with Crippen LogP contribution in [0.1, 0.15) is 23.2 Å². The summed E-state index contributed by atoms with van der Waals surface area (Å²) >= 11 is 0. The average molecular weight is 222 g/mol. The highest BCUT2D eigenvalue weighted by atomic mass is 19.1. The summed E-state index contributed by atoms with van der Waals surface area (Å²) in [5.41, 5.74) is 4.99. The second-order valence-electron chi connectivity index (χ2n) is 3.65. The van der Waals surface area contributed by atoms with E-state index in [1.54, 1.807) is 0 Å². The number of hydrogen-bond acceptors (Lipinski definition) is 2. The van der Waals surface area contributed by atoms with E-state index in [9.17, 15) is 14.0 Å². The second kappa shape index (κ2) is 3.92. The molecule has 0 radical (unpaired) electrons. The van der Waals surface area contributed by atoms with Gasteiger partial charge in [-0.15, -0.1) is 0 Å². The van der Waals surface area contributed by atoms with E-state index in [1.165, 1.54) is 23.1 Å². The van der Waals surface area contributed by atoms with Crippen LogP contribution in [0.2, 0.25) is 0 Å². The number of primary amides is 1. The van der Waals surface area contributed by atoms with Crippen LogP contribution in [0.3, 0.4) is 0 Å². The van der Waals surface area contributed by atoms with E-state index in [4.69, 9.17) is 5.73 Å². The Morgan fingerprint density at radius 2 is 2.19 bits per heavy atom. The van der Waals surface area contributed by atoms with Crippen LogP contribution in [0.4, 0.5) is 10.1 Å². The minimum absolute atomic E-state index is 0.125. The Bertz CT molecular complexity index is 459. The zero-order valence-electron chi connectivity index (χ0n) is 8.57. The summed E-state index contributed by atoms with van der Waals surface area (Å²) in [6.07, 6.45) is 1.12. The molecule has 0 spiro atoms. The average Bonchev–Trinajstić information content (AvgIpc) is 2.64. The number of rotatable bonds is 2. The highest BCUT2D eigenvalue weighted by molar-refractivity contribution is 5.98. The number of carbonyl (C=O) groups excluding carboxylic acids is 2. The summed E-state index contributed by atoms with van der Waals surface area (Å²) in [5, 5.41) is 0. The van der Waals surface area contributed by atoms with Gasteiger partial charge >= 0.3 is 0 Å². The third kappa shape index (κ3) is 1.64. The molecular formula is C11H11FN2O2. The Labute approximate surface area is 91.8 Å². The van der Waals surface area contributed by atoms with Crippen molar-refractivity contribution < 1.29 is 14.0 Å². The van der Waals surface area contributed by atoms with Crippen LogP contribution in [-0.4, -0.2) is 18.4 Å². The number of amides is 2. The summed E-state index contributed by atoms with van der Waals surface area (Å²) in [6, 6.07) is 4.30. The zero-order valence-corrected chi connectivity index (χ0v) is 8.57. The van der Waals surface area contributed by atoms with Gasteiger partial charge in [0.05, 0.1) is 11.3 Å². The lowest BCUT2D eigenvalue weighted by molar-refractivity contribution is -0.117. The van der Waals surface area contributed by atoms with Crippen molar-refractivity contribution in [2.24, 2.45) is 5.73 Å². The molecule has 2 N–H and O–H groups in total. The van der Waals surface area contributed by atoms with Crippen LogP contribution in [0.5, 0.6) is 0 Å². The van der Waals surface area contributed by atoms with Gasteiger partial charge in [-0.25, -0.2) is 4.39 Å². The maximum atomic E-state index is 13.9. The summed E-state index contributed by atoms with van der Waals surface area (Å²) in [6.45, 7) is 0.484. The molecule has 2 rings (SSSR count). The van der Waals surface area contributed by atoms with Gasteiger partial charge in [-0.05, 0) is 18.6 Å². The minimum Gasteiger partial charge on any atom is -0.366 e. The summed E-state index contributed by atoms with van der Waals surface area (Å²) in [5.74, 6) is -1.67. The molecule has 84 valence electrons. The van der Waals surface area contributed by atoms with Gasteiger partial charge in [0.25, 0.3) is 5.91 Å². The van der Waals surface area contributed by atoms with E-state index in [2.05, 4.69) is 0 Å². The quantitative estimate of drug-likeness (QED) is 0.812. The van der Waals surface area contributed by atoms with Crippen molar-refractivity contribution in [3.8, 4) is 0 Å². The molecule has 1 aromatic rings. The van der Waals surface area contributed by atoms with Crippen LogP contribution in [0.25, 0.3) is 0 Å². The first-order valence-electron chi connectivity index (χ1n) is 5.00. The highest BCUT2D eigenvalue weighted by Gasteiger charge is 2.25. The predicted molar refractivity (Wildman–Crippen MR) is 56.5 cm³/mol. The molecule has 0 saturated carbocycles. The molecule has 4 nitrogen and oxygen atoms in total. The van der Waals surface area contributed by atoms with Crippen LogP contribution in [0.15, 0.2) is 18.2 Å². The van der Waals surface area contributed by atoms with Crippen molar-refractivity contribution in [2.45, 2.75) is 12.8 Å². The van der Waals surface area contributed by atoms with Gasteiger partial charge in [-0.2, -0.15) is 0 Å². The molecular weight excluding hydrogens is 211 g/mol. The van der Waals surface area contributed by atoms with Gasteiger partial charge in [0.1, 0.15) is 0 Å². The number of anilines is 1. The lowest BCUT2D eigenvalue weighted by Crippen LogP contribution is -2.26. The number of benzene rings is 1. The Morgan fingerprint density at radius 1 is 1.44 bits per heavy atom. The van der Waals surface area contributed by atoms with Gasteiger partial charge in [-0.3, -0.25) is 9.59 Å². The lowest BCUT2D eigenvalue weighted by atomic mass is 10.1. The largest absolute Gasteiger partial charge is 0.366 e. The molecule has 2 amide bonds. The smallest absolute Gasteiger partial charge is 0.251 e. The van der Waals surface area contributed by atoms with Crippen molar-refractivity contribution in [1.29, 1.82) is 0 Å². The van der Waals surface area contributed by atoms with E-state index in [0.717, 1.165) is 0 Å². The molecule has 1 saturated heterocycles. The maximum absolute atomic E-state index is 13.9. The Kier molecular flexibility index (Phi) is 2.60. The first kappa shape index (κ1) is 10.6. The number of nitrogens with zero attached hydrogens (tertiary/aromatic N) is 1. The molecule has 1 aliphatic rings. The van der Waals surface area contributed by atoms with E-state index in [0.29, 0.717) is 19.4 Å². The molecule has 0 aliphatic carbocycles. The summed E-state index contributed by atoms with van der Waals surface area (Å²) in [7, 11) is 0. The normalized spacial score (nSPS) is 15.6. The Balaban J connectivity index is 2.45. The molecule has 1 aliphatic heterocycles. The van der Waals surface area contributed by atoms with Crippen molar-refractivity contribution >= 4 is 17.5 Å². The van der Waals surface area contributed by atoms with Crippen molar-refractivity contribution in [3.63, 3.8) is 0 Å². The maximum Gasteiger partial charge on any atom is 0.251 e. The molecule has 1 heterocycles. The van der Waals surface area contributed by atoms with Gasteiger partial charge in [-0.1, -0.05) is 6.07 Å². The van der Waals surface area contributed by atoms with Gasteiger partial charge in [0, 0.05) is 13.0 Å². The van der Waals surface area contributed by atoms with Crippen molar-refractivity contribution in [1.82, 2.24) is 0 Å². The number of hydrogen-bond donors (Lipinski definition) is 1. The third-order valence-electron chi connectivity index (χ3n) is 2.61. The first-order chi connectivity index (χ1) is 7.61. The minimum atomic E-state index is -0.828. The number of nitrogens with two attached hydrogens (primary N) is 1. The van der Waals surface area contributed by atoms with Crippen molar-refractivity contribution in [3.05, 3.63) is 29.6 Å². The van der Waals surface area contributed by atoms with Crippen LogP contribution >= 0.6 is 0 Å². The van der Waals surface area contributed by atoms with Gasteiger partial charge < -0.3 is 10.6 Å². The highest BCUT2D eigenvalue weighted by Crippen LogP contribution is 2.26. The molecule has 16 heavy (non-hydrogen) atoms. The zero-order chi connectivity index (χ0) is 11.7. The topological polar surface area (TPSA) is 63.4 Å². The molecule has 0 atom stereocenters. The number of carbonyl (C=O) groups is 2. The Hall–Kier alpha value is -1.91. The monoisotopic (exact) mass is 222 g/mol. The molecule has 0 bridgehead atoms. The molecule has 1 fully saturated rings. The van der Waals surface area contributed by atoms with Crippen LogP contribution < -0.4 is 10.6 Å². The summed E-state index contributed by atoms with van der Waals surface area (Å²) < 4.78 is 13.9. The fourth-order valence-electron chi connectivity index (χ4n) is 1.82. The predicted octanol–water partition coefficient (Wildman–Crippen LogP) is 1.05. The molecule has 1 aromatic carbocycles. The van der Waals surface area contributed by atoms with E-state index in [1.807, 2.05) is 0 Å². The number of halogens is 1. The van der Waals surface area contributed by atoms with E-state index >= 15 is 0 Å². The first-order valence-corrected chi connectivity index (χ1v) is 5.00. The second-order valence-corrected chi connectivity index (χ2v) is 3.65.